The molecule has 1 N–H and O–H groups in total. The van der Waals surface area contributed by atoms with Crippen LogP contribution in [0.2, 0.25) is 0 Å². The molecule has 2 unspecified atom stereocenters. The van der Waals surface area contributed by atoms with Gasteiger partial charge in [0.15, 0.2) is 0 Å². The SMILES string of the molecule is CC(C)C(C)N1CCCC(O)C1. The van der Waals surface area contributed by atoms with Crippen LogP contribution >= 0.6 is 0 Å². The first kappa shape index (κ1) is 10.0. The van der Waals surface area contributed by atoms with Crippen molar-refractivity contribution in [2.24, 2.45) is 5.92 Å². The molecule has 1 fully saturated rings. The van der Waals surface area contributed by atoms with E-state index in [1.807, 2.05) is 0 Å². The number of hydrogen-bond acceptors (Lipinski definition) is 2. The Labute approximate surface area is 75.6 Å². The predicted molar refractivity (Wildman–Crippen MR) is 51.1 cm³/mol. The second-order valence-corrected chi connectivity index (χ2v) is 4.28. The normalized spacial score (nSPS) is 29.2. The number of aliphatic hydroxyl groups excluding tert-OH is 1. The maximum Gasteiger partial charge on any atom is 0.0667 e. The van der Waals surface area contributed by atoms with Crippen molar-refractivity contribution in [3.05, 3.63) is 0 Å². The summed E-state index contributed by atoms with van der Waals surface area (Å²) < 4.78 is 0. The Morgan fingerprint density at radius 2 is 2.00 bits per heavy atom. The van der Waals surface area contributed by atoms with Crippen LogP contribution in [0.4, 0.5) is 0 Å². The number of piperidine rings is 1. The van der Waals surface area contributed by atoms with Gasteiger partial charge < -0.3 is 5.11 Å². The Bertz CT molecular complexity index is 136. The molecule has 2 atom stereocenters. The molecule has 1 rings (SSSR count). The third-order valence-electron chi connectivity index (χ3n) is 2.97. The van der Waals surface area contributed by atoms with Crippen molar-refractivity contribution < 1.29 is 5.11 Å². The fourth-order valence-electron chi connectivity index (χ4n) is 1.77. The van der Waals surface area contributed by atoms with E-state index >= 15 is 0 Å². The minimum absolute atomic E-state index is 0.0834. The van der Waals surface area contributed by atoms with E-state index in [1.54, 1.807) is 0 Å². The quantitative estimate of drug-likeness (QED) is 0.680. The molecule has 0 aromatic carbocycles. The van der Waals surface area contributed by atoms with E-state index in [0.29, 0.717) is 12.0 Å². The van der Waals surface area contributed by atoms with Gasteiger partial charge in [0.1, 0.15) is 0 Å². The Kier molecular flexibility index (Phi) is 3.53. The number of likely N-dealkylation sites (tertiary alicyclic amines) is 1. The van der Waals surface area contributed by atoms with Crippen molar-refractivity contribution in [1.82, 2.24) is 4.90 Å². The Hall–Kier alpha value is -0.0800. The maximum absolute atomic E-state index is 9.47. The summed E-state index contributed by atoms with van der Waals surface area (Å²) in [4.78, 5) is 2.40. The molecule has 2 nitrogen and oxygen atoms in total. The molecule has 0 saturated carbocycles. The number of aliphatic hydroxyl groups is 1. The first-order valence-corrected chi connectivity index (χ1v) is 5.03. The molecule has 1 aliphatic heterocycles. The molecule has 72 valence electrons. The highest BCUT2D eigenvalue weighted by Gasteiger charge is 2.23. The fraction of sp³-hybridized carbons (Fsp3) is 1.00. The zero-order chi connectivity index (χ0) is 9.14. The molecule has 0 amide bonds. The minimum atomic E-state index is -0.0834. The van der Waals surface area contributed by atoms with E-state index in [4.69, 9.17) is 0 Å². The van der Waals surface area contributed by atoms with Crippen LogP contribution < -0.4 is 0 Å². The lowest BCUT2D eigenvalue weighted by atomic mass is 10.00. The largest absolute Gasteiger partial charge is 0.392 e. The zero-order valence-electron chi connectivity index (χ0n) is 8.45. The van der Waals surface area contributed by atoms with Crippen molar-refractivity contribution in [1.29, 1.82) is 0 Å². The molecular formula is C10H21NO. The first-order valence-electron chi connectivity index (χ1n) is 5.03. The van der Waals surface area contributed by atoms with Gasteiger partial charge >= 0.3 is 0 Å². The second kappa shape index (κ2) is 4.24. The summed E-state index contributed by atoms with van der Waals surface area (Å²) >= 11 is 0. The van der Waals surface area contributed by atoms with Crippen molar-refractivity contribution in [2.75, 3.05) is 13.1 Å². The van der Waals surface area contributed by atoms with Crippen LogP contribution in [0.25, 0.3) is 0 Å². The molecule has 1 aliphatic rings. The van der Waals surface area contributed by atoms with Gasteiger partial charge in [-0.2, -0.15) is 0 Å². The second-order valence-electron chi connectivity index (χ2n) is 4.28. The van der Waals surface area contributed by atoms with Crippen molar-refractivity contribution in [3.8, 4) is 0 Å². The lowest BCUT2D eigenvalue weighted by molar-refractivity contribution is 0.0392. The highest BCUT2D eigenvalue weighted by atomic mass is 16.3. The Balaban J connectivity index is 2.40. The van der Waals surface area contributed by atoms with Gasteiger partial charge in [0.05, 0.1) is 6.10 Å². The van der Waals surface area contributed by atoms with Crippen LogP contribution in [0.5, 0.6) is 0 Å². The summed E-state index contributed by atoms with van der Waals surface area (Å²) in [6.07, 6.45) is 2.06. The molecule has 12 heavy (non-hydrogen) atoms. The average molecular weight is 171 g/mol. The van der Waals surface area contributed by atoms with Gasteiger partial charge in [0.25, 0.3) is 0 Å². The van der Waals surface area contributed by atoms with E-state index in [-0.39, 0.29) is 6.10 Å². The topological polar surface area (TPSA) is 23.5 Å². The number of nitrogens with zero attached hydrogens (tertiary/aromatic N) is 1. The lowest BCUT2D eigenvalue weighted by Crippen LogP contribution is -2.45. The summed E-state index contributed by atoms with van der Waals surface area (Å²) in [5, 5.41) is 9.47. The van der Waals surface area contributed by atoms with Gasteiger partial charge in [0, 0.05) is 12.6 Å². The van der Waals surface area contributed by atoms with Gasteiger partial charge in [0.2, 0.25) is 0 Å². The number of β-amino-alcohol motifs (C(OH)–C–C–N with tert-alkyl or cyclic N) is 1. The molecule has 1 saturated heterocycles. The van der Waals surface area contributed by atoms with Crippen molar-refractivity contribution >= 4 is 0 Å². The summed E-state index contributed by atoms with van der Waals surface area (Å²) in [6.45, 7) is 8.77. The average Bonchev–Trinajstić information content (AvgIpc) is 2.03. The summed E-state index contributed by atoms with van der Waals surface area (Å²) in [5.41, 5.74) is 0. The molecule has 0 radical (unpaired) electrons. The number of rotatable bonds is 2. The Morgan fingerprint density at radius 3 is 2.50 bits per heavy atom. The molecule has 0 aliphatic carbocycles. The van der Waals surface area contributed by atoms with Gasteiger partial charge in [-0.1, -0.05) is 13.8 Å². The maximum atomic E-state index is 9.47. The Morgan fingerprint density at radius 1 is 1.33 bits per heavy atom. The standard InChI is InChI=1S/C10H21NO/c1-8(2)9(3)11-6-4-5-10(12)7-11/h8-10,12H,4-7H2,1-3H3. The molecular weight excluding hydrogens is 150 g/mol. The predicted octanol–water partition coefficient (Wildman–Crippen LogP) is 1.49. The van der Waals surface area contributed by atoms with Crippen LogP contribution in [0, 0.1) is 5.92 Å². The molecule has 2 heteroatoms. The van der Waals surface area contributed by atoms with Crippen LogP contribution in [-0.2, 0) is 0 Å². The van der Waals surface area contributed by atoms with Gasteiger partial charge in [-0.25, -0.2) is 0 Å². The minimum Gasteiger partial charge on any atom is -0.392 e. The van der Waals surface area contributed by atoms with Crippen molar-refractivity contribution in [3.63, 3.8) is 0 Å². The first-order chi connectivity index (χ1) is 5.61. The highest BCUT2D eigenvalue weighted by Crippen LogP contribution is 2.16. The molecule has 0 aromatic heterocycles. The smallest absolute Gasteiger partial charge is 0.0667 e. The van der Waals surface area contributed by atoms with Gasteiger partial charge in [-0.05, 0) is 32.2 Å². The summed E-state index contributed by atoms with van der Waals surface area (Å²) in [7, 11) is 0. The highest BCUT2D eigenvalue weighted by molar-refractivity contribution is 4.77. The molecule has 0 aromatic rings. The van der Waals surface area contributed by atoms with Crippen LogP contribution in [0.3, 0.4) is 0 Å². The van der Waals surface area contributed by atoms with E-state index in [1.165, 1.54) is 0 Å². The van der Waals surface area contributed by atoms with E-state index in [2.05, 4.69) is 25.7 Å². The third kappa shape index (κ3) is 2.46. The summed E-state index contributed by atoms with van der Waals surface area (Å²) in [6, 6.07) is 0.611. The molecule has 0 spiro atoms. The zero-order valence-corrected chi connectivity index (χ0v) is 8.45. The fourth-order valence-corrected chi connectivity index (χ4v) is 1.77. The monoisotopic (exact) mass is 171 g/mol. The third-order valence-corrected chi connectivity index (χ3v) is 2.97. The van der Waals surface area contributed by atoms with E-state index < -0.39 is 0 Å². The summed E-state index contributed by atoms with van der Waals surface area (Å²) in [5.74, 6) is 0.690. The van der Waals surface area contributed by atoms with E-state index in [9.17, 15) is 5.11 Å². The lowest BCUT2D eigenvalue weighted by Gasteiger charge is -2.36. The molecule has 1 heterocycles. The van der Waals surface area contributed by atoms with Crippen molar-refractivity contribution in [2.45, 2.75) is 45.8 Å². The van der Waals surface area contributed by atoms with Gasteiger partial charge in [-0.3, -0.25) is 4.90 Å². The van der Waals surface area contributed by atoms with E-state index in [0.717, 1.165) is 25.9 Å². The van der Waals surface area contributed by atoms with Gasteiger partial charge in [-0.15, -0.1) is 0 Å². The van der Waals surface area contributed by atoms with Crippen LogP contribution in [0.15, 0.2) is 0 Å². The molecule has 0 bridgehead atoms. The van der Waals surface area contributed by atoms with Crippen LogP contribution in [0.1, 0.15) is 33.6 Å². The van der Waals surface area contributed by atoms with Crippen LogP contribution in [-0.4, -0.2) is 35.2 Å². The number of hydrogen-bond donors (Lipinski definition) is 1.